The molecule has 36 heavy (non-hydrogen) atoms. The average Bonchev–Trinajstić information content (AvgIpc) is 3.24. The van der Waals surface area contributed by atoms with Crippen LogP contribution < -0.4 is 5.32 Å². The van der Waals surface area contributed by atoms with Crippen LogP contribution in [0.3, 0.4) is 0 Å². The third kappa shape index (κ3) is 6.89. The smallest absolute Gasteiger partial charge is 0.243 e. The van der Waals surface area contributed by atoms with Crippen molar-refractivity contribution in [1.82, 2.24) is 19.8 Å². The Balaban J connectivity index is 1.44. The van der Waals surface area contributed by atoms with E-state index < -0.39 is 0 Å². The highest BCUT2D eigenvalue weighted by Gasteiger charge is 2.33. The summed E-state index contributed by atoms with van der Waals surface area (Å²) in [6.07, 6.45) is 16.1. The molecule has 0 atom stereocenters. The van der Waals surface area contributed by atoms with Crippen LogP contribution in [0.1, 0.15) is 103 Å². The van der Waals surface area contributed by atoms with Gasteiger partial charge in [0.2, 0.25) is 11.8 Å². The van der Waals surface area contributed by atoms with Crippen molar-refractivity contribution in [2.24, 2.45) is 5.92 Å². The fraction of sp³-hybridized carbons (Fsp3) is 0.700. The maximum Gasteiger partial charge on any atom is 0.243 e. The predicted octanol–water partition coefficient (Wildman–Crippen LogP) is 6.02. The number of hydrogen-bond donors (Lipinski definition) is 1. The number of rotatable bonds is 11. The lowest BCUT2D eigenvalue weighted by atomic mass is 9.88. The molecular weight excluding hydrogens is 448 g/mol. The van der Waals surface area contributed by atoms with E-state index in [0.29, 0.717) is 18.6 Å². The zero-order chi connectivity index (χ0) is 25.3. The number of carbonyl (C=O) groups excluding carboxylic acids is 2. The van der Waals surface area contributed by atoms with Crippen LogP contribution in [0.5, 0.6) is 0 Å². The molecule has 0 bridgehead atoms. The summed E-state index contributed by atoms with van der Waals surface area (Å²) in [7, 11) is 0. The zero-order valence-electron chi connectivity index (χ0n) is 22.5. The molecule has 2 saturated carbocycles. The number of carbonyl (C=O) groups is 2. The molecule has 2 amide bonds. The van der Waals surface area contributed by atoms with E-state index in [1.165, 1.54) is 38.5 Å². The lowest BCUT2D eigenvalue weighted by molar-refractivity contribution is -0.138. The largest absolute Gasteiger partial charge is 0.356 e. The summed E-state index contributed by atoms with van der Waals surface area (Å²) in [4.78, 5) is 33.0. The summed E-state index contributed by atoms with van der Waals surface area (Å²) >= 11 is 0. The van der Waals surface area contributed by atoms with E-state index in [9.17, 15) is 9.59 Å². The van der Waals surface area contributed by atoms with Crippen LogP contribution in [0.4, 0.5) is 0 Å². The van der Waals surface area contributed by atoms with Gasteiger partial charge in [0.25, 0.3) is 0 Å². The second kappa shape index (κ2) is 13.3. The normalized spacial score (nSPS) is 17.5. The van der Waals surface area contributed by atoms with Gasteiger partial charge >= 0.3 is 0 Å². The number of para-hydroxylation sites is 2. The molecule has 0 spiro atoms. The number of amides is 2. The van der Waals surface area contributed by atoms with E-state index in [1.807, 2.05) is 26.0 Å². The van der Waals surface area contributed by atoms with Crippen LogP contribution >= 0.6 is 0 Å². The predicted molar refractivity (Wildman–Crippen MR) is 146 cm³/mol. The number of fused-ring (bicyclic) bond motifs is 1. The number of aromatic nitrogens is 2. The fourth-order valence-corrected chi connectivity index (χ4v) is 6.13. The molecule has 2 fully saturated rings. The molecule has 0 unspecified atom stereocenters. The number of nitrogens with zero attached hydrogens (tertiary/aromatic N) is 3. The first-order valence-electron chi connectivity index (χ1n) is 14.6. The van der Waals surface area contributed by atoms with E-state index >= 15 is 0 Å². The Morgan fingerprint density at radius 2 is 1.58 bits per heavy atom. The van der Waals surface area contributed by atoms with Crippen LogP contribution in [-0.2, 0) is 22.6 Å². The minimum Gasteiger partial charge on any atom is -0.356 e. The monoisotopic (exact) mass is 494 g/mol. The van der Waals surface area contributed by atoms with Crippen molar-refractivity contribution < 1.29 is 9.59 Å². The molecule has 6 heteroatoms. The maximum atomic E-state index is 14.0. The minimum atomic E-state index is 0.0317. The van der Waals surface area contributed by atoms with Crippen molar-refractivity contribution in [3.63, 3.8) is 0 Å². The van der Waals surface area contributed by atoms with Crippen LogP contribution in [0.25, 0.3) is 11.0 Å². The molecule has 2 aliphatic rings. The number of unbranched alkanes of at least 4 members (excludes halogenated alkanes) is 2. The third-order valence-corrected chi connectivity index (χ3v) is 8.15. The van der Waals surface area contributed by atoms with Gasteiger partial charge in [-0.15, -0.1) is 0 Å². The SMILES string of the molecule is CC(C)C(=O)NCCCCCc1nc2ccccc2n1CC(=O)N(C1CCCCC1)C1CCCCC1. The van der Waals surface area contributed by atoms with Gasteiger partial charge in [-0.25, -0.2) is 4.98 Å². The minimum absolute atomic E-state index is 0.0317. The van der Waals surface area contributed by atoms with E-state index in [2.05, 4.69) is 26.9 Å². The summed E-state index contributed by atoms with van der Waals surface area (Å²) < 4.78 is 2.19. The lowest BCUT2D eigenvalue weighted by Gasteiger charge is -2.42. The summed E-state index contributed by atoms with van der Waals surface area (Å²) in [5.41, 5.74) is 2.05. The van der Waals surface area contributed by atoms with Crippen molar-refractivity contribution in [3.05, 3.63) is 30.1 Å². The van der Waals surface area contributed by atoms with Gasteiger partial charge in [0.05, 0.1) is 11.0 Å². The first-order chi connectivity index (χ1) is 17.5. The number of hydrogen-bond acceptors (Lipinski definition) is 3. The van der Waals surface area contributed by atoms with E-state index in [-0.39, 0.29) is 17.7 Å². The van der Waals surface area contributed by atoms with Gasteiger partial charge < -0.3 is 14.8 Å². The van der Waals surface area contributed by atoms with Gasteiger partial charge in [0.15, 0.2) is 0 Å². The molecule has 6 nitrogen and oxygen atoms in total. The highest BCUT2D eigenvalue weighted by Crippen LogP contribution is 2.31. The van der Waals surface area contributed by atoms with Crippen LogP contribution in [-0.4, -0.2) is 44.9 Å². The van der Waals surface area contributed by atoms with E-state index in [1.54, 1.807) is 0 Å². The number of nitrogens with one attached hydrogen (secondary N) is 1. The van der Waals surface area contributed by atoms with Gasteiger partial charge in [-0.2, -0.15) is 0 Å². The summed E-state index contributed by atoms with van der Waals surface area (Å²) in [5, 5.41) is 3.00. The quantitative estimate of drug-likeness (QED) is 0.389. The number of benzene rings is 1. The Bertz CT molecular complexity index is 968. The number of imidazole rings is 1. The fourth-order valence-electron chi connectivity index (χ4n) is 6.13. The average molecular weight is 495 g/mol. The first-order valence-corrected chi connectivity index (χ1v) is 14.6. The highest BCUT2D eigenvalue weighted by atomic mass is 16.2. The van der Waals surface area contributed by atoms with Crippen molar-refractivity contribution in [3.8, 4) is 0 Å². The topological polar surface area (TPSA) is 67.2 Å². The Labute approximate surface area is 217 Å². The molecular formula is C30H46N4O2. The molecule has 0 aliphatic heterocycles. The van der Waals surface area contributed by atoms with Crippen molar-refractivity contribution in [2.75, 3.05) is 6.54 Å². The first kappa shape index (κ1) is 26.7. The summed E-state index contributed by atoms with van der Waals surface area (Å²) in [6, 6.07) is 9.06. The standard InChI is InChI=1S/C30H46N4O2/c1-23(2)30(36)31-21-13-5-10-20-28-32-26-18-11-12-19-27(26)33(28)22-29(35)34(24-14-6-3-7-15-24)25-16-8-4-9-17-25/h11-12,18-19,23-25H,3-10,13-17,20-22H2,1-2H3,(H,31,36). The Morgan fingerprint density at radius 1 is 0.944 bits per heavy atom. The molecule has 1 aromatic heterocycles. The lowest BCUT2D eigenvalue weighted by Crippen LogP contribution is -2.50. The zero-order valence-corrected chi connectivity index (χ0v) is 22.5. The van der Waals surface area contributed by atoms with Crippen LogP contribution in [0.2, 0.25) is 0 Å². The number of aryl methyl sites for hydroxylation is 1. The Morgan fingerprint density at radius 3 is 2.22 bits per heavy atom. The Hall–Kier alpha value is -2.37. The Kier molecular flexibility index (Phi) is 9.82. The van der Waals surface area contributed by atoms with Crippen LogP contribution in [0.15, 0.2) is 24.3 Å². The molecule has 1 heterocycles. The summed E-state index contributed by atoms with van der Waals surface area (Å²) in [6.45, 7) is 4.96. The maximum absolute atomic E-state index is 14.0. The van der Waals surface area contributed by atoms with Crippen molar-refractivity contribution >= 4 is 22.8 Å². The highest BCUT2D eigenvalue weighted by molar-refractivity contribution is 5.81. The summed E-state index contributed by atoms with van der Waals surface area (Å²) in [5.74, 6) is 1.46. The molecule has 0 radical (unpaired) electrons. The van der Waals surface area contributed by atoms with Crippen molar-refractivity contribution in [2.45, 2.75) is 122 Å². The van der Waals surface area contributed by atoms with Crippen LogP contribution in [0, 0.1) is 5.92 Å². The molecule has 4 rings (SSSR count). The molecule has 198 valence electrons. The second-order valence-corrected chi connectivity index (χ2v) is 11.2. The third-order valence-electron chi connectivity index (χ3n) is 8.15. The molecule has 2 aromatic rings. The van der Waals surface area contributed by atoms with E-state index in [0.717, 1.165) is 74.8 Å². The van der Waals surface area contributed by atoms with Gasteiger partial charge in [-0.3, -0.25) is 9.59 Å². The second-order valence-electron chi connectivity index (χ2n) is 11.2. The van der Waals surface area contributed by atoms with Gasteiger partial charge in [-0.1, -0.05) is 70.9 Å². The molecule has 1 N–H and O–H groups in total. The van der Waals surface area contributed by atoms with E-state index in [4.69, 9.17) is 4.98 Å². The van der Waals surface area contributed by atoms with Crippen molar-refractivity contribution in [1.29, 1.82) is 0 Å². The molecule has 2 aliphatic carbocycles. The van der Waals surface area contributed by atoms with Gasteiger partial charge in [-0.05, 0) is 50.7 Å². The molecule has 0 saturated heterocycles. The van der Waals surface area contributed by atoms with Gasteiger partial charge in [0.1, 0.15) is 12.4 Å². The van der Waals surface area contributed by atoms with Gasteiger partial charge in [0, 0.05) is 31.0 Å². The molecule has 1 aromatic carbocycles.